The number of hydrogen-bond acceptors (Lipinski definition) is 1. The fraction of sp³-hybridized carbons (Fsp3) is 0.308. The Morgan fingerprint density at radius 2 is 2.05 bits per heavy atom. The Morgan fingerprint density at radius 3 is 2.65 bits per heavy atom. The van der Waals surface area contributed by atoms with Crippen LogP contribution in [0.15, 0.2) is 24.4 Å². The highest BCUT2D eigenvalue weighted by Gasteiger charge is 2.35. The lowest BCUT2D eigenvalue weighted by Gasteiger charge is -2.15. The van der Waals surface area contributed by atoms with Gasteiger partial charge in [0.1, 0.15) is 4.83 Å². The second-order valence-corrected chi connectivity index (χ2v) is 5.49. The summed E-state index contributed by atoms with van der Waals surface area (Å²) < 4.78 is 39.6. The molecule has 1 unspecified atom stereocenters. The lowest BCUT2D eigenvalue weighted by molar-refractivity contribution is -0.137. The smallest absolute Gasteiger partial charge is 0.417 e. The first-order valence-electron chi connectivity index (χ1n) is 5.83. The van der Waals surface area contributed by atoms with Crippen molar-refractivity contribution in [1.82, 2.24) is 4.98 Å². The second-order valence-electron chi connectivity index (χ2n) is 4.38. The molecule has 0 aliphatic rings. The zero-order valence-corrected chi connectivity index (χ0v) is 11.8. The highest BCUT2D eigenvalue weighted by atomic mass is 79.9. The summed E-state index contributed by atoms with van der Waals surface area (Å²) in [4.78, 5) is 12.6. The van der Waals surface area contributed by atoms with Crippen molar-refractivity contribution in [1.29, 1.82) is 0 Å². The molecular weight excluding hydrogens is 339 g/mol. The van der Waals surface area contributed by atoms with Crippen LogP contribution in [0, 0.1) is 0 Å². The van der Waals surface area contributed by atoms with Gasteiger partial charge in [-0.3, -0.25) is 4.79 Å². The van der Waals surface area contributed by atoms with E-state index in [9.17, 15) is 18.0 Å². The largest absolute Gasteiger partial charge is 0.480 e. The molecule has 0 amide bonds. The highest BCUT2D eigenvalue weighted by molar-refractivity contribution is 9.10. The van der Waals surface area contributed by atoms with E-state index in [0.717, 1.165) is 0 Å². The first kappa shape index (κ1) is 14.9. The molecule has 0 spiro atoms. The number of aromatic amines is 1. The van der Waals surface area contributed by atoms with E-state index in [1.807, 2.05) is 0 Å². The van der Waals surface area contributed by atoms with E-state index in [1.165, 1.54) is 18.3 Å². The molecule has 3 nitrogen and oxygen atoms in total. The summed E-state index contributed by atoms with van der Waals surface area (Å²) in [7, 11) is 0. The Bertz CT molecular complexity index is 636. The molecule has 7 heteroatoms. The molecule has 1 atom stereocenters. The summed E-state index contributed by atoms with van der Waals surface area (Å²) in [6.07, 6.45) is -2.89. The molecule has 0 saturated heterocycles. The molecular formula is C13H11BrF3NO2. The van der Waals surface area contributed by atoms with Gasteiger partial charge in [0, 0.05) is 17.1 Å². The Hall–Kier alpha value is -1.50. The lowest BCUT2D eigenvalue weighted by Crippen LogP contribution is -2.15. The van der Waals surface area contributed by atoms with E-state index in [0.29, 0.717) is 5.52 Å². The van der Waals surface area contributed by atoms with Gasteiger partial charge in [0.15, 0.2) is 0 Å². The number of aromatic nitrogens is 1. The maximum absolute atomic E-state index is 13.2. The third-order valence-electron chi connectivity index (χ3n) is 3.04. The standard InChI is InChI=1S/C13H11BrF3NO2/c14-9(12(19)20)3-1-7-2-4-10-8(5-6-18-10)11(7)13(15,16)17/h2,4-6,9,18H,1,3H2,(H,19,20). The molecule has 0 radical (unpaired) electrons. The predicted octanol–water partition coefficient (Wildman–Crippen LogP) is 3.97. The van der Waals surface area contributed by atoms with Gasteiger partial charge >= 0.3 is 12.1 Å². The minimum atomic E-state index is -4.47. The molecule has 0 aliphatic heterocycles. The first-order chi connectivity index (χ1) is 9.30. The Morgan fingerprint density at radius 1 is 1.35 bits per heavy atom. The number of benzene rings is 1. The summed E-state index contributed by atoms with van der Waals surface area (Å²) in [6, 6.07) is 4.34. The fourth-order valence-electron chi connectivity index (χ4n) is 2.13. The van der Waals surface area contributed by atoms with Crippen molar-refractivity contribution >= 4 is 32.8 Å². The van der Waals surface area contributed by atoms with E-state index in [1.54, 1.807) is 6.07 Å². The zero-order chi connectivity index (χ0) is 14.9. The SMILES string of the molecule is O=C(O)C(Br)CCc1ccc2[nH]ccc2c1C(F)(F)F. The number of H-pyrrole nitrogens is 1. The van der Waals surface area contributed by atoms with Crippen molar-refractivity contribution in [3.63, 3.8) is 0 Å². The quantitative estimate of drug-likeness (QED) is 0.820. The number of carboxylic acids is 1. The lowest BCUT2D eigenvalue weighted by atomic mass is 9.98. The molecule has 0 saturated carbocycles. The average Bonchev–Trinajstić information content (AvgIpc) is 2.81. The van der Waals surface area contributed by atoms with Crippen LogP contribution in [0.5, 0.6) is 0 Å². The summed E-state index contributed by atoms with van der Waals surface area (Å²) in [5.74, 6) is -1.08. The minimum Gasteiger partial charge on any atom is -0.480 e. The number of aryl methyl sites for hydroxylation is 1. The normalized spacial score (nSPS) is 13.6. The third kappa shape index (κ3) is 2.98. The Balaban J connectivity index is 2.40. The molecule has 2 aromatic rings. The van der Waals surface area contributed by atoms with Gasteiger partial charge in [-0.15, -0.1) is 0 Å². The van der Waals surface area contributed by atoms with E-state index in [-0.39, 0.29) is 23.8 Å². The summed E-state index contributed by atoms with van der Waals surface area (Å²) in [5, 5.41) is 8.86. The Labute approximate surface area is 120 Å². The zero-order valence-electron chi connectivity index (χ0n) is 10.2. The van der Waals surface area contributed by atoms with E-state index in [4.69, 9.17) is 5.11 Å². The van der Waals surface area contributed by atoms with Gasteiger partial charge in [-0.1, -0.05) is 22.0 Å². The van der Waals surface area contributed by atoms with Gasteiger partial charge in [-0.05, 0) is 30.5 Å². The molecule has 0 fully saturated rings. The molecule has 2 N–H and O–H groups in total. The molecule has 0 bridgehead atoms. The van der Waals surface area contributed by atoms with Crippen LogP contribution in [0.4, 0.5) is 13.2 Å². The maximum atomic E-state index is 13.2. The fourth-order valence-corrected chi connectivity index (χ4v) is 2.36. The van der Waals surface area contributed by atoms with Crippen LogP contribution in [-0.2, 0) is 17.4 Å². The van der Waals surface area contributed by atoms with E-state index in [2.05, 4.69) is 20.9 Å². The molecule has 20 heavy (non-hydrogen) atoms. The number of nitrogens with one attached hydrogen (secondary N) is 1. The van der Waals surface area contributed by atoms with Crippen LogP contribution in [0.3, 0.4) is 0 Å². The Kier molecular flexibility index (Phi) is 4.08. The number of carbonyl (C=O) groups is 1. The van der Waals surface area contributed by atoms with Crippen LogP contribution in [0.2, 0.25) is 0 Å². The number of rotatable bonds is 4. The van der Waals surface area contributed by atoms with Gasteiger partial charge in [0.05, 0.1) is 5.56 Å². The van der Waals surface area contributed by atoms with Crippen molar-refractivity contribution in [2.75, 3.05) is 0 Å². The van der Waals surface area contributed by atoms with Crippen LogP contribution in [0.25, 0.3) is 10.9 Å². The summed E-state index contributed by atoms with van der Waals surface area (Å²) in [5.41, 5.74) is -0.175. The molecule has 1 aromatic heterocycles. The maximum Gasteiger partial charge on any atom is 0.417 e. The van der Waals surface area contributed by atoms with Crippen molar-refractivity contribution in [3.05, 3.63) is 35.5 Å². The number of halogens is 4. The topological polar surface area (TPSA) is 53.1 Å². The third-order valence-corrected chi connectivity index (χ3v) is 3.89. The van der Waals surface area contributed by atoms with E-state index < -0.39 is 22.5 Å². The van der Waals surface area contributed by atoms with Crippen molar-refractivity contribution in [3.8, 4) is 0 Å². The highest BCUT2D eigenvalue weighted by Crippen LogP contribution is 2.38. The number of alkyl halides is 4. The van der Waals surface area contributed by atoms with Gasteiger partial charge in [-0.25, -0.2) is 0 Å². The summed E-state index contributed by atoms with van der Waals surface area (Å²) >= 11 is 2.93. The van der Waals surface area contributed by atoms with Crippen molar-refractivity contribution < 1.29 is 23.1 Å². The number of carboxylic acid groups (broad SMARTS) is 1. The van der Waals surface area contributed by atoms with Gasteiger partial charge < -0.3 is 10.1 Å². The number of hydrogen-bond donors (Lipinski definition) is 2. The molecule has 1 heterocycles. The summed E-state index contributed by atoms with van der Waals surface area (Å²) in [6.45, 7) is 0. The van der Waals surface area contributed by atoms with Crippen LogP contribution in [-0.4, -0.2) is 20.9 Å². The second kappa shape index (κ2) is 5.47. The average molecular weight is 350 g/mol. The van der Waals surface area contributed by atoms with Crippen LogP contribution < -0.4 is 0 Å². The predicted molar refractivity (Wildman–Crippen MR) is 72.0 cm³/mol. The molecule has 108 valence electrons. The minimum absolute atomic E-state index is 0.0399. The number of fused-ring (bicyclic) bond motifs is 1. The van der Waals surface area contributed by atoms with Gasteiger partial charge in [0.25, 0.3) is 0 Å². The van der Waals surface area contributed by atoms with Crippen molar-refractivity contribution in [2.45, 2.75) is 23.8 Å². The first-order valence-corrected chi connectivity index (χ1v) is 6.75. The van der Waals surface area contributed by atoms with E-state index >= 15 is 0 Å². The molecule has 1 aromatic carbocycles. The monoisotopic (exact) mass is 349 g/mol. The van der Waals surface area contributed by atoms with Crippen LogP contribution >= 0.6 is 15.9 Å². The van der Waals surface area contributed by atoms with Crippen molar-refractivity contribution in [2.24, 2.45) is 0 Å². The van der Waals surface area contributed by atoms with Crippen LogP contribution in [0.1, 0.15) is 17.5 Å². The molecule has 2 rings (SSSR count). The number of aliphatic carboxylic acids is 1. The molecule has 0 aliphatic carbocycles. The van der Waals surface area contributed by atoms with Gasteiger partial charge in [-0.2, -0.15) is 13.2 Å². The van der Waals surface area contributed by atoms with Gasteiger partial charge in [0.2, 0.25) is 0 Å².